The van der Waals surface area contributed by atoms with E-state index in [1.165, 1.54) is 7.05 Å². The molecule has 1 N–H and O–H groups in total. The van der Waals surface area contributed by atoms with E-state index in [-0.39, 0.29) is 28.9 Å². The molecule has 3 heterocycles. The number of nitrogens with zero attached hydrogens (tertiary/aromatic N) is 4. The van der Waals surface area contributed by atoms with Crippen molar-refractivity contribution in [2.75, 3.05) is 13.6 Å². The number of nitrogens with one attached hydrogen (secondary N) is 1. The number of aromatic nitrogens is 3. The van der Waals surface area contributed by atoms with Crippen molar-refractivity contribution in [3.05, 3.63) is 131 Å². The van der Waals surface area contributed by atoms with Gasteiger partial charge in [0.25, 0.3) is 17.4 Å². The Labute approximate surface area is 259 Å². The zero-order chi connectivity index (χ0) is 29.5. The lowest BCUT2D eigenvalue weighted by molar-refractivity contribution is 0.0729. The van der Waals surface area contributed by atoms with Crippen LogP contribution in [-0.2, 0) is 19.4 Å². The molecule has 0 bridgehead atoms. The van der Waals surface area contributed by atoms with E-state index in [0.717, 1.165) is 11.1 Å². The van der Waals surface area contributed by atoms with Gasteiger partial charge < -0.3 is 10.2 Å². The molecule has 1 aliphatic rings. The quantitative estimate of drug-likeness (QED) is 0.261. The van der Waals surface area contributed by atoms with Gasteiger partial charge in [-0.3, -0.25) is 19.0 Å². The van der Waals surface area contributed by atoms with E-state index in [1.54, 1.807) is 56.6 Å². The van der Waals surface area contributed by atoms with Crippen LogP contribution in [0.15, 0.2) is 82.2 Å². The summed E-state index contributed by atoms with van der Waals surface area (Å²) in [7, 11) is 1.53. The number of carbonyl (C=O) groups excluding carboxylic acids is 2. The van der Waals surface area contributed by atoms with Crippen molar-refractivity contribution < 1.29 is 9.59 Å². The van der Waals surface area contributed by atoms with Crippen molar-refractivity contribution in [1.82, 2.24) is 24.4 Å². The summed E-state index contributed by atoms with van der Waals surface area (Å²) >= 11 is 16.2. The third-order valence-electron chi connectivity index (χ3n) is 7.44. The Morgan fingerprint density at radius 2 is 1.81 bits per heavy atom. The van der Waals surface area contributed by atoms with Gasteiger partial charge in [-0.15, -0.1) is 0 Å². The molecule has 2 amide bonds. The maximum atomic E-state index is 14.2. The standard InChI is InChI=1S/C31H24BrCl2N5O3/c1-35-28(40)22-9-8-21(15-25(22)33)38-29-20(13-18-5-3-2-4-6-18)16-36-39(29)27-17-37(12-11-23(27)31(38)42)30(41)19-7-10-24(32)26(34)14-19/h2-10,14-16H,11-13,17H2,1H3,(H,35,40). The van der Waals surface area contributed by atoms with Crippen LogP contribution in [-0.4, -0.2) is 44.5 Å². The van der Waals surface area contributed by atoms with Crippen LogP contribution >= 0.6 is 39.1 Å². The molecule has 0 saturated heterocycles. The third-order valence-corrected chi connectivity index (χ3v) is 8.99. The summed E-state index contributed by atoms with van der Waals surface area (Å²) in [6, 6.07) is 19.9. The molecular weight excluding hydrogens is 641 g/mol. The Hall–Kier alpha value is -3.92. The monoisotopic (exact) mass is 663 g/mol. The normalized spacial score (nSPS) is 12.8. The summed E-state index contributed by atoms with van der Waals surface area (Å²) in [5.41, 5.74) is 4.77. The van der Waals surface area contributed by atoms with Crippen LogP contribution in [0.2, 0.25) is 10.0 Å². The van der Waals surface area contributed by atoms with Gasteiger partial charge in [0.05, 0.1) is 39.7 Å². The van der Waals surface area contributed by atoms with E-state index in [2.05, 4.69) is 21.2 Å². The van der Waals surface area contributed by atoms with Crippen molar-refractivity contribution in [2.24, 2.45) is 0 Å². The second kappa shape index (κ2) is 11.4. The van der Waals surface area contributed by atoms with Crippen molar-refractivity contribution in [1.29, 1.82) is 0 Å². The number of carbonyl (C=O) groups is 2. The fourth-order valence-corrected chi connectivity index (χ4v) is 6.03. The molecule has 1 aliphatic heterocycles. The Bertz CT molecular complexity index is 1940. The van der Waals surface area contributed by atoms with Gasteiger partial charge in [0.2, 0.25) is 0 Å². The van der Waals surface area contributed by atoms with Crippen LogP contribution < -0.4 is 10.9 Å². The lowest BCUT2D eigenvalue weighted by Gasteiger charge is -2.30. The Morgan fingerprint density at radius 1 is 1.02 bits per heavy atom. The van der Waals surface area contributed by atoms with Crippen molar-refractivity contribution in [3.8, 4) is 5.69 Å². The largest absolute Gasteiger partial charge is 0.355 e. The highest BCUT2D eigenvalue weighted by Crippen LogP contribution is 2.28. The molecule has 0 aliphatic carbocycles. The average Bonchev–Trinajstić information content (AvgIpc) is 3.41. The molecule has 0 fully saturated rings. The lowest BCUT2D eigenvalue weighted by atomic mass is 10.0. The van der Waals surface area contributed by atoms with E-state index in [1.807, 2.05) is 30.3 Å². The smallest absolute Gasteiger partial charge is 0.261 e. The Balaban J connectivity index is 1.50. The minimum Gasteiger partial charge on any atom is -0.355 e. The molecule has 5 aromatic rings. The van der Waals surface area contributed by atoms with Crippen LogP contribution in [0.3, 0.4) is 0 Å². The Kier molecular flexibility index (Phi) is 7.66. The van der Waals surface area contributed by atoms with E-state index in [0.29, 0.717) is 62.6 Å². The van der Waals surface area contributed by atoms with Crippen LogP contribution in [0.4, 0.5) is 0 Å². The van der Waals surface area contributed by atoms with Crippen LogP contribution in [0.25, 0.3) is 11.3 Å². The summed E-state index contributed by atoms with van der Waals surface area (Å²) in [4.78, 5) is 41.7. The zero-order valence-corrected chi connectivity index (χ0v) is 25.5. The number of benzene rings is 3. The highest BCUT2D eigenvalue weighted by molar-refractivity contribution is 9.10. The average molecular weight is 665 g/mol. The summed E-state index contributed by atoms with van der Waals surface area (Å²) in [5.74, 6) is -0.499. The number of rotatable bonds is 5. The van der Waals surface area contributed by atoms with Crippen LogP contribution in [0, 0.1) is 0 Å². The Morgan fingerprint density at radius 3 is 2.52 bits per heavy atom. The van der Waals surface area contributed by atoms with Gasteiger partial charge in [-0.25, -0.2) is 4.52 Å². The minimum absolute atomic E-state index is 0.180. The molecule has 6 rings (SSSR count). The van der Waals surface area contributed by atoms with Gasteiger partial charge in [0, 0.05) is 41.2 Å². The first kappa shape index (κ1) is 28.2. The van der Waals surface area contributed by atoms with Gasteiger partial charge in [0.15, 0.2) is 0 Å². The molecule has 0 unspecified atom stereocenters. The van der Waals surface area contributed by atoms with E-state index >= 15 is 0 Å². The first-order chi connectivity index (χ1) is 20.3. The van der Waals surface area contributed by atoms with Crippen LogP contribution in [0.5, 0.6) is 0 Å². The van der Waals surface area contributed by atoms with E-state index in [4.69, 9.17) is 28.3 Å². The van der Waals surface area contributed by atoms with E-state index < -0.39 is 0 Å². The van der Waals surface area contributed by atoms with Gasteiger partial charge >= 0.3 is 0 Å². The molecule has 2 aromatic heterocycles. The molecule has 0 radical (unpaired) electrons. The zero-order valence-electron chi connectivity index (χ0n) is 22.4. The topological polar surface area (TPSA) is 88.7 Å². The summed E-state index contributed by atoms with van der Waals surface area (Å²) < 4.78 is 4.07. The summed E-state index contributed by atoms with van der Waals surface area (Å²) in [6.45, 7) is 0.562. The first-order valence-corrected chi connectivity index (χ1v) is 14.8. The molecule has 3 aromatic carbocycles. The maximum Gasteiger partial charge on any atom is 0.261 e. The summed E-state index contributed by atoms with van der Waals surface area (Å²) in [6.07, 6.45) is 2.64. The fraction of sp³-hybridized carbons (Fsp3) is 0.161. The van der Waals surface area contributed by atoms with Gasteiger partial charge in [0.1, 0.15) is 5.65 Å². The highest BCUT2D eigenvalue weighted by Gasteiger charge is 2.29. The predicted octanol–water partition coefficient (Wildman–Crippen LogP) is 5.70. The summed E-state index contributed by atoms with van der Waals surface area (Å²) in [5, 5.41) is 7.97. The number of halogens is 3. The fourth-order valence-electron chi connectivity index (χ4n) is 5.34. The van der Waals surface area contributed by atoms with Crippen molar-refractivity contribution >= 4 is 56.6 Å². The molecule has 11 heteroatoms. The molecule has 8 nitrogen and oxygen atoms in total. The predicted molar refractivity (Wildman–Crippen MR) is 166 cm³/mol. The molecule has 212 valence electrons. The lowest BCUT2D eigenvalue weighted by Crippen LogP contribution is -2.41. The SMILES string of the molecule is CNC(=O)c1ccc(-n2c(=O)c3c(n4ncc(Cc5ccccc5)c24)CN(C(=O)c2ccc(Br)c(Cl)c2)CC3)cc1Cl. The first-order valence-electron chi connectivity index (χ1n) is 13.2. The minimum atomic E-state index is -0.319. The highest BCUT2D eigenvalue weighted by atomic mass is 79.9. The molecular formula is C31H24BrCl2N5O3. The van der Waals surface area contributed by atoms with Gasteiger partial charge in [-0.05, 0) is 64.3 Å². The second-order valence-electron chi connectivity index (χ2n) is 9.98. The number of fused-ring (bicyclic) bond motifs is 3. The number of hydrogen-bond acceptors (Lipinski definition) is 4. The maximum absolute atomic E-state index is 14.2. The molecule has 42 heavy (non-hydrogen) atoms. The van der Waals surface area contributed by atoms with Crippen molar-refractivity contribution in [3.63, 3.8) is 0 Å². The van der Waals surface area contributed by atoms with Gasteiger partial charge in [-0.1, -0.05) is 53.5 Å². The van der Waals surface area contributed by atoms with Gasteiger partial charge in [-0.2, -0.15) is 5.10 Å². The molecule has 0 spiro atoms. The van der Waals surface area contributed by atoms with Crippen molar-refractivity contribution in [2.45, 2.75) is 19.4 Å². The number of hydrogen-bond donors (Lipinski definition) is 1. The molecule has 0 saturated carbocycles. The number of amides is 2. The van der Waals surface area contributed by atoms with Crippen LogP contribution in [0.1, 0.15) is 43.1 Å². The third kappa shape index (κ3) is 5.02. The second-order valence-corrected chi connectivity index (χ2v) is 11.7. The van der Waals surface area contributed by atoms with E-state index in [9.17, 15) is 14.4 Å². The molecule has 0 atom stereocenters.